The summed E-state index contributed by atoms with van der Waals surface area (Å²) >= 11 is 3.59. The molecule has 1 aliphatic rings. The number of hydrogen-bond acceptors (Lipinski definition) is 4. The van der Waals surface area contributed by atoms with Gasteiger partial charge in [0.05, 0.1) is 18.2 Å². The minimum Gasteiger partial charge on any atom is -0.493 e. The lowest BCUT2D eigenvalue weighted by molar-refractivity contribution is 0.183. The van der Waals surface area contributed by atoms with Gasteiger partial charge in [-0.05, 0) is 59.3 Å². The fourth-order valence-electron chi connectivity index (χ4n) is 2.09. The van der Waals surface area contributed by atoms with Gasteiger partial charge >= 0.3 is 0 Å². The maximum Gasteiger partial charge on any atom is 0.175 e. The topological polar surface area (TPSA) is 39.7 Å². The van der Waals surface area contributed by atoms with Crippen molar-refractivity contribution in [2.24, 2.45) is 0 Å². The fraction of sp³-hybridized carbons (Fsp3) is 0.625. The first-order chi connectivity index (χ1) is 10.2. The van der Waals surface area contributed by atoms with Crippen molar-refractivity contribution in [3.63, 3.8) is 0 Å². The Hall–Kier alpha value is -0.780. The molecule has 0 spiro atoms. The first-order valence-electron chi connectivity index (χ1n) is 7.46. The summed E-state index contributed by atoms with van der Waals surface area (Å²) < 4.78 is 17.3. The van der Waals surface area contributed by atoms with Crippen molar-refractivity contribution in [2.75, 3.05) is 27.4 Å². The van der Waals surface area contributed by atoms with E-state index in [4.69, 9.17) is 14.2 Å². The molecule has 118 valence electrons. The molecule has 1 aliphatic carbocycles. The monoisotopic (exact) mass is 357 g/mol. The van der Waals surface area contributed by atoms with Crippen LogP contribution in [0.15, 0.2) is 16.6 Å². The van der Waals surface area contributed by atoms with Crippen molar-refractivity contribution < 1.29 is 14.2 Å². The summed E-state index contributed by atoms with van der Waals surface area (Å²) in [6, 6.07) is 4.85. The molecule has 1 N–H and O–H groups in total. The highest BCUT2D eigenvalue weighted by molar-refractivity contribution is 9.10. The van der Waals surface area contributed by atoms with Crippen LogP contribution < -0.4 is 14.8 Å². The first-order valence-corrected chi connectivity index (χ1v) is 8.25. The highest BCUT2D eigenvalue weighted by Crippen LogP contribution is 2.37. The lowest BCUT2D eigenvalue weighted by Gasteiger charge is -2.14. The highest BCUT2D eigenvalue weighted by Gasteiger charge is 2.20. The molecule has 21 heavy (non-hydrogen) atoms. The first kappa shape index (κ1) is 16.6. The third kappa shape index (κ3) is 5.49. The molecule has 1 aromatic rings. The van der Waals surface area contributed by atoms with Gasteiger partial charge in [-0.25, -0.2) is 0 Å². The Balaban J connectivity index is 1.91. The van der Waals surface area contributed by atoms with Gasteiger partial charge in [0.15, 0.2) is 11.5 Å². The number of benzene rings is 1. The van der Waals surface area contributed by atoms with Gasteiger partial charge in [0.1, 0.15) is 0 Å². The predicted molar refractivity (Wildman–Crippen MR) is 87.2 cm³/mol. The summed E-state index contributed by atoms with van der Waals surface area (Å²) in [4.78, 5) is 0. The van der Waals surface area contributed by atoms with Crippen molar-refractivity contribution in [1.29, 1.82) is 0 Å². The average molecular weight is 358 g/mol. The van der Waals surface area contributed by atoms with E-state index in [1.807, 2.05) is 6.07 Å². The number of halogens is 1. The van der Waals surface area contributed by atoms with Crippen LogP contribution in [0.4, 0.5) is 0 Å². The van der Waals surface area contributed by atoms with Crippen molar-refractivity contribution in [1.82, 2.24) is 5.32 Å². The Morgan fingerprint density at radius 1 is 1.19 bits per heavy atom. The zero-order chi connectivity index (χ0) is 15.1. The smallest absolute Gasteiger partial charge is 0.175 e. The molecule has 0 aromatic heterocycles. The molecule has 5 heteroatoms. The standard InChI is InChI=1S/C16H24BrNO3/c1-19-7-3-4-8-21-16-14(17)9-12(10-15(16)20-2)11-18-13-5-6-13/h9-10,13,18H,3-8,11H2,1-2H3. The molecule has 1 aromatic carbocycles. The van der Waals surface area contributed by atoms with E-state index in [0.29, 0.717) is 12.6 Å². The van der Waals surface area contributed by atoms with Crippen LogP contribution in [-0.2, 0) is 11.3 Å². The van der Waals surface area contributed by atoms with Crippen LogP contribution in [-0.4, -0.2) is 33.5 Å². The molecule has 0 unspecified atom stereocenters. The molecule has 0 atom stereocenters. The zero-order valence-electron chi connectivity index (χ0n) is 12.8. The van der Waals surface area contributed by atoms with Crippen LogP contribution >= 0.6 is 15.9 Å². The molecule has 1 saturated carbocycles. The van der Waals surface area contributed by atoms with Crippen LogP contribution in [0, 0.1) is 0 Å². The number of methoxy groups -OCH3 is 2. The summed E-state index contributed by atoms with van der Waals surface area (Å²) in [6.07, 6.45) is 4.55. The second-order valence-electron chi connectivity index (χ2n) is 5.31. The normalized spacial score (nSPS) is 14.2. The second kappa shape index (κ2) is 8.61. The fourth-order valence-corrected chi connectivity index (χ4v) is 2.69. The lowest BCUT2D eigenvalue weighted by Crippen LogP contribution is -2.15. The molecule has 0 saturated heterocycles. The van der Waals surface area contributed by atoms with Gasteiger partial charge in [-0.15, -0.1) is 0 Å². The van der Waals surface area contributed by atoms with Gasteiger partial charge in [-0.1, -0.05) is 0 Å². The molecular weight excluding hydrogens is 334 g/mol. The Kier molecular flexibility index (Phi) is 6.80. The van der Waals surface area contributed by atoms with Crippen molar-refractivity contribution in [2.45, 2.75) is 38.3 Å². The van der Waals surface area contributed by atoms with Crippen LogP contribution in [0.25, 0.3) is 0 Å². The summed E-state index contributed by atoms with van der Waals surface area (Å²) in [7, 11) is 3.40. The van der Waals surface area contributed by atoms with E-state index >= 15 is 0 Å². The quantitative estimate of drug-likeness (QED) is 0.650. The minimum absolute atomic E-state index is 0.665. The largest absolute Gasteiger partial charge is 0.493 e. The van der Waals surface area contributed by atoms with Crippen molar-refractivity contribution >= 4 is 15.9 Å². The van der Waals surface area contributed by atoms with E-state index in [2.05, 4.69) is 27.3 Å². The summed E-state index contributed by atoms with van der Waals surface area (Å²) in [5, 5.41) is 3.51. The lowest BCUT2D eigenvalue weighted by atomic mass is 10.2. The molecule has 1 fully saturated rings. The number of nitrogens with one attached hydrogen (secondary N) is 1. The van der Waals surface area contributed by atoms with E-state index in [1.54, 1.807) is 14.2 Å². The zero-order valence-corrected chi connectivity index (χ0v) is 14.4. The van der Waals surface area contributed by atoms with E-state index in [-0.39, 0.29) is 0 Å². The Bertz CT molecular complexity index is 449. The van der Waals surface area contributed by atoms with Crippen LogP contribution in [0.1, 0.15) is 31.2 Å². The van der Waals surface area contributed by atoms with Gasteiger partial charge in [-0.2, -0.15) is 0 Å². The molecule has 0 amide bonds. The van der Waals surface area contributed by atoms with Gasteiger partial charge in [-0.3, -0.25) is 0 Å². The summed E-state index contributed by atoms with van der Waals surface area (Å²) in [5.74, 6) is 1.56. The molecular formula is C16H24BrNO3. The van der Waals surface area contributed by atoms with Gasteiger partial charge in [0.25, 0.3) is 0 Å². The van der Waals surface area contributed by atoms with Crippen molar-refractivity contribution in [3.8, 4) is 11.5 Å². The number of ether oxygens (including phenoxy) is 3. The van der Waals surface area contributed by atoms with Gasteiger partial charge in [0.2, 0.25) is 0 Å². The van der Waals surface area contributed by atoms with Crippen LogP contribution in [0.2, 0.25) is 0 Å². The maximum atomic E-state index is 5.85. The van der Waals surface area contributed by atoms with Crippen molar-refractivity contribution in [3.05, 3.63) is 22.2 Å². The van der Waals surface area contributed by atoms with E-state index < -0.39 is 0 Å². The van der Waals surface area contributed by atoms with Gasteiger partial charge < -0.3 is 19.5 Å². The molecule has 0 heterocycles. The number of hydrogen-bond donors (Lipinski definition) is 1. The predicted octanol–water partition coefficient (Wildman–Crippen LogP) is 3.52. The summed E-state index contributed by atoms with van der Waals surface area (Å²) in [5.41, 5.74) is 1.21. The van der Waals surface area contributed by atoms with Crippen LogP contribution in [0.5, 0.6) is 11.5 Å². The SMILES string of the molecule is COCCCCOc1c(Br)cc(CNC2CC2)cc1OC. The summed E-state index contributed by atoms with van der Waals surface area (Å²) in [6.45, 7) is 2.30. The minimum atomic E-state index is 0.665. The third-order valence-electron chi connectivity index (χ3n) is 3.45. The molecule has 0 radical (unpaired) electrons. The Morgan fingerprint density at radius 2 is 1.95 bits per heavy atom. The Morgan fingerprint density at radius 3 is 2.62 bits per heavy atom. The van der Waals surface area contributed by atoms with Gasteiger partial charge in [0, 0.05) is 26.3 Å². The van der Waals surface area contributed by atoms with E-state index in [0.717, 1.165) is 42.0 Å². The second-order valence-corrected chi connectivity index (χ2v) is 6.17. The molecule has 0 aliphatic heterocycles. The average Bonchev–Trinajstić information content (AvgIpc) is 3.30. The Labute approximate surface area is 135 Å². The van der Waals surface area contributed by atoms with Crippen LogP contribution in [0.3, 0.4) is 0 Å². The van der Waals surface area contributed by atoms with E-state index in [9.17, 15) is 0 Å². The third-order valence-corrected chi connectivity index (χ3v) is 4.04. The number of unbranched alkanes of at least 4 members (excludes halogenated alkanes) is 1. The number of rotatable bonds is 10. The maximum absolute atomic E-state index is 5.85. The molecule has 0 bridgehead atoms. The molecule has 2 rings (SSSR count). The highest BCUT2D eigenvalue weighted by atomic mass is 79.9. The van der Waals surface area contributed by atoms with E-state index in [1.165, 1.54) is 18.4 Å². The molecule has 4 nitrogen and oxygen atoms in total.